The van der Waals surface area contributed by atoms with Crippen LogP contribution in [0, 0.1) is 6.92 Å². The minimum atomic E-state index is -3.42. The second-order valence-electron chi connectivity index (χ2n) is 5.92. The van der Waals surface area contributed by atoms with Crippen LogP contribution in [0.4, 0.5) is 4.79 Å². The van der Waals surface area contributed by atoms with Crippen LogP contribution in [-0.2, 0) is 19.3 Å². The van der Waals surface area contributed by atoms with Gasteiger partial charge in [0.1, 0.15) is 6.10 Å². The van der Waals surface area contributed by atoms with Crippen molar-refractivity contribution in [1.82, 2.24) is 0 Å². The molecule has 0 radical (unpaired) electrons. The summed E-state index contributed by atoms with van der Waals surface area (Å²) >= 11 is 0. The minimum absolute atomic E-state index is 0.247. The molecular weight excluding hydrogens is 316 g/mol. The van der Waals surface area contributed by atoms with Gasteiger partial charge in [0.15, 0.2) is 9.84 Å². The standard InChI is InChI=1S/C17H24O5S/c1-3-21-17(18)22-14-6-4-5-7-16(12-14)23(19,20)15-10-8-13(2)9-11-15/h8-11,14,16H,3-7,12H2,1-2H3/t14-,16+/m0/s1. The zero-order valence-electron chi connectivity index (χ0n) is 13.7. The van der Waals surface area contributed by atoms with E-state index in [1.165, 1.54) is 0 Å². The third kappa shape index (κ3) is 4.70. The lowest BCUT2D eigenvalue weighted by Gasteiger charge is -2.20. The molecule has 0 saturated heterocycles. The van der Waals surface area contributed by atoms with Gasteiger partial charge in [0.25, 0.3) is 0 Å². The number of hydrogen-bond acceptors (Lipinski definition) is 5. The second kappa shape index (κ2) is 7.81. The number of rotatable bonds is 4. The monoisotopic (exact) mass is 340 g/mol. The molecule has 0 aliphatic heterocycles. The Morgan fingerprint density at radius 2 is 1.83 bits per heavy atom. The summed E-state index contributed by atoms with van der Waals surface area (Å²) in [4.78, 5) is 11.8. The van der Waals surface area contributed by atoms with E-state index in [9.17, 15) is 13.2 Å². The Kier molecular flexibility index (Phi) is 6.04. The number of ether oxygens (including phenoxy) is 2. The Labute approximate surface area is 137 Å². The normalized spacial score (nSPS) is 22.2. The smallest absolute Gasteiger partial charge is 0.435 e. The van der Waals surface area contributed by atoms with E-state index in [1.54, 1.807) is 31.2 Å². The Balaban J connectivity index is 2.13. The predicted molar refractivity (Wildman–Crippen MR) is 87.1 cm³/mol. The fraction of sp³-hybridized carbons (Fsp3) is 0.588. The van der Waals surface area contributed by atoms with Gasteiger partial charge in [0, 0.05) is 6.42 Å². The molecule has 128 valence electrons. The van der Waals surface area contributed by atoms with E-state index in [2.05, 4.69) is 0 Å². The van der Waals surface area contributed by atoms with Gasteiger partial charge in [-0.1, -0.05) is 24.1 Å². The zero-order valence-corrected chi connectivity index (χ0v) is 14.5. The van der Waals surface area contributed by atoms with Gasteiger partial charge in [-0.3, -0.25) is 0 Å². The van der Waals surface area contributed by atoms with Crippen LogP contribution in [0.1, 0.15) is 44.6 Å². The van der Waals surface area contributed by atoms with E-state index in [0.717, 1.165) is 18.4 Å². The topological polar surface area (TPSA) is 69.7 Å². The van der Waals surface area contributed by atoms with Crippen LogP contribution in [0.25, 0.3) is 0 Å². The second-order valence-corrected chi connectivity index (χ2v) is 8.15. The average Bonchev–Trinajstić information content (AvgIpc) is 2.74. The Hall–Kier alpha value is -1.56. The van der Waals surface area contributed by atoms with Crippen molar-refractivity contribution in [2.75, 3.05) is 6.61 Å². The number of carbonyl (C=O) groups excluding carboxylic acids is 1. The Morgan fingerprint density at radius 1 is 1.17 bits per heavy atom. The third-order valence-electron chi connectivity index (χ3n) is 4.14. The fourth-order valence-electron chi connectivity index (χ4n) is 2.87. The van der Waals surface area contributed by atoms with Crippen molar-refractivity contribution in [2.24, 2.45) is 0 Å². The molecule has 1 aromatic rings. The van der Waals surface area contributed by atoms with Crippen LogP contribution in [0.3, 0.4) is 0 Å². The summed E-state index contributed by atoms with van der Waals surface area (Å²) in [5.41, 5.74) is 1.02. The first kappa shape index (κ1) is 17.8. The van der Waals surface area contributed by atoms with Gasteiger partial charge in [0.05, 0.1) is 16.8 Å². The number of aryl methyl sites for hydroxylation is 1. The molecule has 6 heteroatoms. The SMILES string of the molecule is CCOC(=O)O[C@H]1CCCC[C@@H](S(=O)(=O)c2ccc(C)cc2)C1. The van der Waals surface area contributed by atoms with E-state index in [-0.39, 0.29) is 6.61 Å². The quantitative estimate of drug-likeness (QED) is 0.618. The summed E-state index contributed by atoms with van der Waals surface area (Å²) in [6.07, 6.45) is 2.15. The van der Waals surface area contributed by atoms with Crippen molar-refractivity contribution in [3.63, 3.8) is 0 Å². The highest BCUT2D eigenvalue weighted by Crippen LogP contribution is 2.29. The van der Waals surface area contributed by atoms with Crippen LogP contribution in [0.5, 0.6) is 0 Å². The van der Waals surface area contributed by atoms with Crippen LogP contribution in [-0.4, -0.2) is 32.5 Å². The molecule has 0 N–H and O–H groups in total. The molecule has 1 aliphatic rings. The van der Waals surface area contributed by atoms with Gasteiger partial charge in [-0.15, -0.1) is 0 Å². The summed E-state index contributed by atoms with van der Waals surface area (Å²) in [7, 11) is -3.42. The first-order chi connectivity index (χ1) is 10.9. The highest BCUT2D eigenvalue weighted by molar-refractivity contribution is 7.92. The van der Waals surface area contributed by atoms with Crippen LogP contribution < -0.4 is 0 Å². The summed E-state index contributed by atoms with van der Waals surface area (Å²) in [6, 6.07) is 6.90. The largest absolute Gasteiger partial charge is 0.508 e. The molecule has 0 aromatic heterocycles. The molecule has 0 unspecified atom stereocenters. The van der Waals surface area contributed by atoms with E-state index >= 15 is 0 Å². The summed E-state index contributed by atoms with van der Waals surface area (Å²) < 4.78 is 35.7. The molecule has 5 nitrogen and oxygen atoms in total. The van der Waals surface area contributed by atoms with E-state index in [0.29, 0.717) is 24.2 Å². The van der Waals surface area contributed by atoms with Crippen molar-refractivity contribution in [1.29, 1.82) is 0 Å². The van der Waals surface area contributed by atoms with Gasteiger partial charge in [-0.2, -0.15) is 0 Å². The van der Waals surface area contributed by atoms with Crippen molar-refractivity contribution >= 4 is 16.0 Å². The summed E-state index contributed by atoms with van der Waals surface area (Å²) in [6.45, 7) is 3.88. The molecule has 2 atom stereocenters. The molecule has 1 fully saturated rings. The highest BCUT2D eigenvalue weighted by atomic mass is 32.2. The number of benzene rings is 1. The van der Waals surface area contributed by atoms with Gasteiger partial charge < -0.3 is 9.47 Å². The first-order valence-electron chi connectivity index (χ1n) is 8.07. The first-order valence-corrected chi connectivity index (χ1v) is 9.62. The van der Waals surface area contributed by atoms with Crippen LogP contribution >= 0.6 is 0 Å². The summed E-state index contributed by atoms with van der Waals surface area (Å²) in [5.74, 6) is 0. The molecule has 0 spiro atoms. The van der Waals surface area contributed by atoms with Crippen LogP contribution in [0.15, 0.2) is 29.2 Å². The van der Waals surface area contributed by atoms with Gasteiger partial charge in [0.2, 0.25) is 0 Å². The third-order valence-corrected chi connectivity index (χ3v) is 6.38. The molecule has 1 aliphatic carbocycles. The number of hydrogen-bond donors (Lipinski definition) is 0. The molecule has 0 heterocycles. The van der Waals surface area contributed by atoms with E-state index in [4.69, 9.17) is 9.47 Å². The van der Waals surface area contributed by atoms with Crippen molar-refractivity contribution in [3.8, 4) is 0 Å². The molecule has 2 rings (SSSR count). The maximum absolute atomic E-state index is 12.8. The maximum Gasteiger partial charge on any atom is 0.508 e. The molecule has 23 heavy (non-hydrogen) atoms. The molecular formula is C17H24O5S. The van der Waals surface area contributed by atoms with E-state index < -0.39 is 27.3 Å². The summed E-state index contributed by atoms with van der Waals surface area (Å²) in [5, 5.41) is -0.521. The molecule has 0 amide bonds. The molecule has 1 aromatic carbocycles. The zero-order chi connectivity index (χ0) is 16.9. The molecule has 1 saturated carbocycles. The molecule has 0 bridgehead atoms. The lowest BCUT2D eigenvalue weighted by molar-refractivity contribution is 0.0216. The van der Waals surface area contributed by atoms with Crippen molar-refractivity contribution in [3.05, 3.63) is 29.8 Å². The van der Waals surface area contributed by atoms with Gasteiger partial charge >= 0.3 is 6.16 Å². The van der Waals surface area contributed by atoms with Crippen molar-refractivity contribution in [2.45, 2.75) is 62.2 Å². The highest BCUT2D eigenvalue weighted by Gasteiger charge is 2.33. The average molecular weight is 340 g/mol. The minimum Gasteiger partial charge on any atom is -0.435 e. The van der Waals surface area contributed by atoms with E-state index in [1.807, 2.05) is 6.92 Å². The number of carbonyl (C=O) groups is 1. The lowest BCUT2D eigenvalue weighted by Crippen LogP contribution is -2.28. The lowest BCUT2D eigenvalue weighted by atomic mass is 10.1. The Morgan fingerprint density at radius 3 is 2.48 bits per heavy atom. The van der Waals surface area contributed by atoms with Gasteiger partial charge in [-0.05, 0) is 45.2 Å². The fourth-order valence-corrected chi connectivity index (χ4v) is 4.72. The van der Waals surface area contributed by atoms with Gasteiger partial charge in [-0.25, -0.2) is 13.2 Å². The number of sulfone groups is 1. The van der Waals surface area contributed by atoms with Crippen LogP contribution in [0.2, 0.25) is 0 Å². The maximum atomic E-state index is 12.8. The predicted octanol–water partition coefficient (Wildman–Crippen LogP) is 3.64. The Bertz CT molecular complexity index is 621. The van der Waals surface area contributed by atoms with Crippen molar-refractivity contribution < 1.29 is 22.7 Å².